The summed E-state index contributed by atoms with van der Waals surface area (Å²) >= 11 is 0. The molecule has 0 saturated carbocycles. The lowest BCUT2D eigenvalue weighted by Crippen LogP contribution is -2.58. The molecule has 2 aliphatic rings. The molecular formula is C21H22F6N2O7S. The number of alkyl halides is 6. The number of nitrogens with one attached hydrogen (secondary N) is 1. The third kappa shape index (κ3) is 6.60. The molecule has 1 aromatic carbocycles. The Hall–Kier alpha value is -3.14. The second-order valence-corrected chi connectivity index (χ2v) is 9.31. The topological polar surface area (TPSA) is 125 Å². The zero-order valence-electron chi connectivity index (χ0n) is 19.6. The molecule has 1 atom stereocenters. The Bertz CT molecular complexity index is 1240. The average molecular weight is 560 g/mol. The van der Waals surface area contributed by atoms with Crippen molar-refractivity contribution in [1.82, 2.24) is 5.32 Å². The van der Waals surface area contributed by atoms with Gasteiger partial charge in [0.05, 0.1) is 13.7 Å². The molecule has 3 rings (SSSR count). The number of amides is 1. The predicted octanol–water partition coefficient (Wildman–Crippen LogP) is 2.15. The predicted molar refractivity (Wildman–Crippen MR) is 115 cm³/mol. The van der Waals surface area contributed by atoms with Crippen LogP contribution < -0.4 is 10.1 Å². The first-order valence-corrected chi connectivity index (χ1v) is 11.8. The number of carbonyl (C=O) groups excluding carboxylic acids is 2. The molecule has 206 valence electrons. The summed E-state index contributed by atoms with van der Waals surface area (Å²) in [4.78, 5) is 24.9. The molecule has 1 heterocycles. The molecule has 1 aromatic rings. The number of halogens is 6. The minimum atomic E-state index is -6.09. The average Bonchev–Trinajstić information content (AvgIpc) is 3.32. The Morgan fingerprint density at radius 2 is 1.78 bits per heavy atom. The summed E-state index contributed by atoms with van der Waals surface area (Å²) in [5.41, 5.74) is -5.38. The Morgan fingerprint density at radius 3 is 2.22 bits per heavy atom. The van der Waals surface area contributed by atoms with Crippen molar-refractivity contribution in [2.24, 2.45) is 0 Å². The molecule has 0 aromatic heterocycles. The lowest BCUT2D eigenvalue weighted by Gasteiger charge is -2.30. The summed E-state index contributed by atoms with van der Waals surface area (Å²) in [5.74, 6) is -2.60. The Balaban J connectivity index is 0.000000521. The van der Waals surface area contributed by atoms with Gasteiger partial charge in [0.2, 0.25) is 0 Å². The van der Waals surface area contributed by atoms with Gasteiger partial charge in [-0.1, -0.05) is 6.07 Å². The molecule has 1 unspecified atom stereocenters. The summed E-state index contributed by atoms with van der Waals surface area (Å²) in [6, 6.07) is 5.03. The molecule has 0 spiro atoms. The molecule has 1 aliphatic heterocycles. The highest BCUT2D eigenvalue weighted by Gasteiger charge is 2.55. The van der Waals surface area contributed by atoms with E-state index in [4.69, 9.17) is 22.4 Å². The van der Waals surface area contributed by atoms with E-state index in [1.807, 2.05) is 16.9 Å². The van der Waals surface area contributed by atoms with Crippen molar-refractivity contribution >= 4 is 33.8 Å². The molecule has 0 fully saturated rings. The van der Waals surface area contributed by atoms with E-state index in [2.05, 4.69) is 0 Å². The van der Waals surface area contributed by atoms with E-state index >= 15 is 0 Å². The van der Waals surface area contributed by atoms with E-state index < -0.39 is 39.2 Å². The second-order valence-electron chi connectivity index (χ2n) is 7.94. The zero-order valence-corrected chi connectivity index (χ0v) is 20.4. The maximum Gasteiger partial charge on any atom is 0.485 e. The van der Waals surface area contributed by atoms with Gasteiger partial charge in [0.1, 0.15) is 19.3 Å². The Kier molecular flexibility index (Phi) is 8.69. The van der Waals surface area contributed by atoms with E-state index in [1.165, 1.54) is 7.11 Å². The van der Waals surface area contributed by atoms with E-state index in [0.717, 1.165) is 0 Å². The molecule has 1 aliphatic carbocycles. The number of fused-ring (bicyclic) bond motifs is 1. The minimum Gasteiger partial charge on any atom is -0.741 e. The van der Waals surface area contributed by atoms with Crippen LogP contribution in [0.2, 0.25) is 0 Å². The standard InChI is InChI=1S/C20H21F3N2O4.CHF3O3S/c1-4-29-18(27)19(24-17(26)20(21,22)23)10-13-9-14(28-3)5-6-15(13)16(19)12-7-8-25(2)11-12;2-1(3,4)8(5,6)7/h5-6,9,11H,4,7-8,10H2,1-3H3;(H,5,6,7)/b16-12-;. The van der Waals surface area contributed by atoms with Crippen molar-refractivity contribution in [1.29, 1.82) is 0 Å². The van der Waals surface area contributed by atoms with Crippen LogP contribution in [0.5, 0.6) is 5.75 Å². The van der Waals surface area contributed by atoms with Crippen molar-refractivity contribution in [3.05, 3.63) is 34.9 Å². The number of nitrogens with zero attached hydrogens (tertiary/aromatic N) is 1. The Morgan fingerprint density at radius 1 is 1.19 bits per heavy atom. The molecule has 0 saturated heterocycles. The third-order valence-electron chi connectivity index (χ3n) is 5.39. The smallest absolute Gasteiger partial charge is 0.485 e. The third-order valence-corrected chi connectivity index (χ3v) is 5.95. The second kappa shape index (κ2) is 10.7. The maximum absolute atomic E-state index is 13.1. The highest BCUT2D eigenvalue weighted by atomic mass is 32.2. The Labute approximate surface area is 207 Å². The van der Waals surface area contributed by atoms with Crippen LogP contribution in [0.15, 0.2) is 23.8 Å². The largest absolute Gasteiger partial charge is 0.741 e. The van der Waals surface area contributed by atoms with Crippen molar-refractivity contribution in [2.45, 2.75) is 37.0 Å². The molecule has 0 bridgehead atoms. The number of rotatable bonds is 4. The van der Waals surface area contributed by atoms with Crippen molar-refractivity contribution < 1.29 is 63.0 Å². The fraction of sp³-hybridized carbons (Fsp3) is 0.476. The first-order valence-electron chi connectivity index (χ1n) is 10.4. The lowest BCUT2D eigenvalue weighted by atomic mass is 9.86. The van der Waals surface area contributed by atoms with Gasteiger partial charge < -0.3 is 19.3 Å². The highest BCUT2D eigenvalue weighted by Crippen LogP contribution is 2.45. The monoisotopic (exact) mass is 560 g/mol. The van der Waals surface area contributed by atoms with Crippen LogP contribution in [0, 0.1) is 0 Å². The minimum absolute atomic E-state index is 0.0334. The van der Waals surface area contributed by atoms with Gasteiger partial charge in [-0.2, -0.15) is 26.3 Å². The van der Waals surface area contributed by atoms with Crippen LogP contribution in [0.25, 0.3) is 5.57 Å². The summed E-state index contributed by atoms with van der Waals surface area (Å²) < 4.78 is 110. The van der Waals surface area contributed by atoms with Gasteiger partial charge in [-0.3, -0.25) is 4.79 Å². The molecule has 9 nitrogen and oxygen atoms in total. The summed E-state index contributed by atoms with van der Waals surface area (Å²) in [6.07, 6.45) is -2.99. The normalized spacial score (nSPS) is 21.4. The van der Waals surface area contributed by atoms with Crippen LogP contribution in [0.1, 0.15) is 24.5 Å². The zero-order chi connectivity index (χ0) is 28.4. The van der Waals surface area contributed by atoms with E-state index in [9.17, 15) is 35.9 Å². The van der Waals surface area contributed by atoms with Gasteiger partial charge in [0.15, 0.2) is 21.9 Å². The van der Waals surface area contributed by atoms with Gasteiger partial charge in [-0.15, -0.1) is 0 Å². The van der Waals surface area contributed by atoms with Crippen LogP contribution in [0.3, 0.4) is 0 Å². The molecular weight excluding hydrogens is 538 g/mol. The fourth-order valence-corrected chi connectivity index (χ4v) is 3.87. The summed E-state index contributed by atoms with van der Waals surface area (Å²) in [7, 11) is -2.79. The number of hydrogen-bond acceptors (Lipinski definition) is 7. The highest BCUT2D eigenvalue weighted by molar-refractivity contribution is 7.86. The van der Waals surface area contributed by atoms with E-state index in [-0.39, 0.29) is 13.0 Å². The quantitative estimate of drug-likeness (QED) is 0.197. The number of ether oxygens (including phenoxy) is 2. The van der Waals surface area contributed by atoms with Crippen molar-refractivity contribution in [3.8, 4) is 5.75 Å². The molecule has 1 amide bonds. The SMILES string of the molecule is CCOC(=O)C1(NC(=O)C(F)(F)F)Cc2cc(OC)ccc2/C1=C1/C=[N+](C)CC1.O=S(=O)([O-])C(F)(F)F. The molecule has 1 N–H and O–H groups in total. The molecule has 0 radical (unpaired) electrons. The van der Waals surface area contributed by atoms with Crippen LogP contribution in [-0.4, -0.2) is 80.2 Å². The molecule has 16 heteroatoms. The van der Waals surface area contributed by atoms with Crippen LogP contribution >= 0.6 is 0 Å². The van der Waals surface area contributed by atoms with Crippen LogP contribution in [0.4, 0.5) is 26.3 Å². The van der Waals surface area contributed by atoms with Gasteiger partial charge in [-0.05, 0) is 30.2 Å². The summed E-state index contributed by atoms with van der Waals surface area (Å²) in [6.45, 7) is 2.18. The number of benzene rings is 1. The number of hydrogen-bond donors (Lipinski definition) is 1. The van der Waals surface area contributed by atoms with Gasteiger partial charge in [0, 0.05) is 24.0 Å². The number of carbonyl (C=O) groups is 2. The number of esters is 1. The lowest BCUT2D eigenvalue weighted by molar-refractivity contribution is -0.484. The fourth-order valence-electron chi connectivity index (χ4n) is 3.87. The summed E-state index contributed by atoms with van der Waals surface area (Å²) in [5, 5.41) is 1.97. The van der Waals surface area contributed by atoms with E-state index in [0.29, 0.717) is 41.0 Å². The van der Waals surface area contributed by atoms with Crippen LogP contribution in [-0.2, 0) is 30.9 Å². The number of methoxy groups -OCH3 is 1. The first kappa shape index (κ1) is 30.1. The molecule has 37 heavy (non-hydrogen) atoms. The van der Waals surface area contributed by atoms with Crippen molar-refractivity contribution in [3.63, 3.8) is 0 Å². The maximum atomic E-state index is 13.1. The van der Waals surface area contributed by atoms with Crippen molar-refractivity contribution in [2.75, 3.05) is 27.3 Å². The van der Waals surface area contributed by atoms with E-state index in [1.54, 1.807) is 31.3 Å². The first-order chi connectivity index (χ1) is 16.9. The van der Waals surface area contributed by atoms with Gasteiger partial charge in [-0.25, -0.2) is 17.8 Å². The van der Waals surface area contributed by atoms with Gasteiger partial charge >= 0.3 is 23.6 Å². The van der Waals surface area contributed by atoms with Gasteiger partial charge in [0.25, 0.3) is 0 Å².